The molecule has 1 aromatic heterocycles. The third kappa shape index (κ3) is 3.49. The first-order valence-corrected chi connectivity index (χ1v) is 10.6. The van der Waals surface area contributed by atoms with Crippen LogP contribution in [0.3, 0.4) is 0 Å². The number of piperazine rings is 1. The van der Waals surface area contributed by atoms with Crippen LogP contribution in [-0.4, -0.2) is 61.9 Å². The summed E-state index contributed by atoms with van der Waals surface area (Å²) in [4.78, 5) is 4.78. The van der Waals surface area contributed by atoms with Crippen molar-refractivity contribution in [3.8, 4) is 0 Å². The lowest BCUT2D eigenvalue weighted by molar-refractivity contribution is 0.0951. The molecule has 0 aromatic carbocycles. The lowest BCUT2D eigenvalue weighted by atomic mass is 10.2. The Hall–Kier alpha value is -0.850. The van der Waals surface area contributed by atoms with E-state index in [0.29, 0.717) is 17.4 Å². The predicted octanol–water partition coefficient (Wildman–Crippen LogP) is 1.71. The maximum absolute atomic E-state index is 11.6. The molecule has 1 saturated carbocycles. The van der Waals surface area contributed by atoms with E-state index in [1.807, 2.05) is 0 Å². The summed E-state index contributed by atoms with van der Waals surface area (Å²) >= 11 is 0. The number of hydrogen-bond donors (Lipinski definition) is 0. The molecule has 3 heterocycles. The van der Waals surface area contributed by atoms with Crippen LogP contribution in [0.25, 0.3) is 0 Å². The molecular formula is C17H26N2O3S. The largest absolute Gasteiger partial charge is 0.464 e. The summed E-state index contributed by atoms with van der Waals surface area (Å²) in [6.45, 7) is 7.06. The molecule has 3 aliphatic rings. The standard InChI is InChI=1S/C17H26N2O3S/c1-13-10-16(13)17-3-2-15(22-17)11-18-5-7-19(8-6-18)14-4-9-23(20,21)12-14/h2-3,13-14,16H,4-12H2,1H3/t13-,14-,16+/m1/s1. The van der Waals surface area contributed by atoms with E-state index in [1.54, 1.807) is 0 Å². The van der Waals surface area contributed by atoms with Gasteiger partial charge < -0.3 is 4.42 Å². The number of sulfone groups is 1. The van der Waals surface area contributed by atoms with Crippen molar-refractivity contribution in [2.75, 3.05) is 37.7 Å². The van der Waals surface area contributed by atoms with Crippen molar-refractivity contribution in [2.45, 2.75) is 38.3 Å². The fourth-order valence-corrected chi connectivity index (χ4v) is 5.73. The molecule has 3 atom stereocenters. The van der Waals surface area contributed by atoms with Crippen molar-refractivity contribution < 1.29 is 12.8 Å². The number of furan rings is 1. The van der Waals surface area contributed by atoms with Crippen LogP contribution in [-0.2, 0) is 16.4 Å². The topological polar surface area (TPSA) is 53.8 Å². The summed E-state index contributed by atoms with van der Waals surface area (Å²) in [5, 5.41) is 0. The van der Waals surface area contributed by atoms with E-state index >= 15 is 0 Å². The minimum absolute atomic E-state index is 0.244. The van der Waals surface area contributed by atoms with Crippen LogP contribution >= 0.6 is 0 Å². The molecule has 0 amide bonds. The van der Waals surface area contributed by atoms with Crippen LogP contribution in [0.2, 0.25) is 0 Å². The molecule has 0 bridgehead atoms. The van der Waals surface area contributed by atoms with E-state index in [1.165, 1.54) is 6.42 Å². The highest BCUT2D eigenvalue weighted by Gasteiger charge is 2.37. The first-order valence-electron chi connectivity index (χ1n) is 8.75. The third-order valence-corrected chi connectivity index (χ3v) is 7.42. The van der Waals surface area contributed by atoms with Gasteiger partial charge in [0.05, 0.1) is 18.1 Å². The van der Waals surface area contributed by atoms with Crippen LogP contribution in [0.5, 0.6) is 0 Å². The molecule has 0 N–H and O–H groups in total. The van der Waals surface area contributed by atoms with E-state index < -0.39 is 9.84 Å². The highest BCUT2D eigenvalue weighted by Crippen LogP contribution is 2.47. The Bertz CT molecular complexity index is 661. The van der Waals surface area contributed by atoms with Gasteiger partial charge in [-0.2, -0.15) is 0 Å². The summed E-state index contributed by atoms with van der Waals surface area (Å²) < 4.78 is 29.3. The van der Waals surface area contributed by atoms with Gasteiger partial charge in [-0.15, -0.1) is 0 Å². The minimum Gasteiger partial charge on any atom is -0.464 e. The van der Waals surface area contributed by atoms with Crippen LogP contribution in [0.4, 0.5) is 0 Å². The van der Waals surface area contributed by atoms with Crippen molar-refractivity contribution >= 4 is 9.84 Å². The number of rotatable bonds is 4. The molecule has 4 rings (SSSR count). The fraction of sp³-hybridized carbons (Fsp3) is 0.765. The molecule has 0 radical (unpaired) electrons. The van der Waals surface area contributed by atoms with Crippen LogP contribution in [0, 0.1) is 5.92 Å². The van der Waals surface area contributed by atoms with Crippen molar-refractivity contribution in [3.05, 3.63) is 23.7 Å². The Labute approximate surface area is 138 Å². The van der Waals surface area contributed by atoms with Gasteiger partial charge in [0.1, 0.15) is 11.5 Å². The molecule has 2 aliphatic heterocycles. The summed E-state index contributed by atoms with van der Waals surface area (Å²) in [6.07, 6.45) is 2.07. The number of nitrogens with zero attached hydrogens (tertiary/aromatic N) is 2. The van der Waals surface area contributed by atoms with Gasteiger partial charge in [0.15, 0.2) is 9.84 Å². The van der Waals surface area contributed by atoms with Gasteiger partial charge in [-0.1, -0.05) is 6.92 Å². The average molecular weight is 338 g/mol. The van der Waals surface area contributed by atoms with Crippen molar-refractivity contribution in [1.82, 2.24) is 9.80 Å². The highest BCUT2D eigenvalue weighted by molar-refractivity contribution is 7.91. The smallest absolute Gasteiger partial charge is 0.151 e. The van der Waals surface area contributed by atoms with Crippen molar-refractivity contribution in [1.29, 1.82) is 0 Å². The van der Waals surface area contributed by atoms with Crippen molar-refractivity contribution in [3.63, 3.8) is 0 Å². The van der Waals surface area contributed by atoms with Gasteiger partial charge in [0, 0.05) is 38.1 Å². The quantitative estimate of drug-likeness (QED) is 0.836. The predicted molar refractivity (Wildman–Crippen MR) is 89.1 cm³/mol. The zero-order valence-corrected chi connectivity index (χ0v) is 14.6. The van der Waals surface area contributed by atoms with Gasteiger partial charge in [0.2, 0.25) is 0 Å². The maximum Gasteiger partial charge on any atom is 0.151 e. The Morgan fingerprint density at radius 2 is 1.96 bits per heavy atom. The minimum atomic E-state index is -2.78. The summed E-state index contributed by atoms with van der Waals surface area (Å²) in [5.41, 5.74) is 0. The molecule has 3 fully saturated rings. The molecule has 1 aromatic rings. The molecule has 0 spiro atoms. The summed E-state index contributed by atoms with van der Waals surface area (Å²) in [5.74, 6) is 4.37. The lowest BCUT2D eigenvalue weighted by Crippen LogP contribution is -2.50. The Morgan fingerprint density at radius 3 is 2.57 bits per heavy atom. The van der Waals surface area contributed by atoms with E-state index in [9.17, 15) is 8.42 Å². The lowest BCUT2D eigenvalue weighted by Gasteiger charge is -2.37. The van der Waals surface area contributed by atoms with Crippen molar-refractivity contribution in [2.24, 2.45) is 5.92 Å². The molecule has 128 valence electrons. The van der Waals surface area contributed by atoms with Gasteiger partial charge in [-0.3, -0.25) is 9.80 Å². The molecular weight excluding hydrogens is 312 g/mol. The molecule has 6 heteroatoms. The summed E-state index contributed by atoms with van der Waals surface area (Å²) in [6, 6.07) is 4.51. The first-order chi connectivity index (χ1) is 11.0. The maximum atomic E-state index is 11.6. The second-order valence-electron chi connectivity index (χ2n) is 7.49. The zero-order valence-electron chi connectivity index (χ0n) is 13.8. The molecule has 0 unspecified atom stereocenters. The van der Waals surface area contributed by atoms with Gasteiger partial charge in [-0.05, 0) is 30.9 Å². The van der Waals surface area contributed by atoms with E-state index in [-0.39, 0.29) is 6.04 Å². The first kappa shape index (κ1) is 15.7. The SMILES string of the molecule is C[C@@H]1C[C@@H]1c1ccc(CN2CCN([C@@H]3CCS(=O)(=O)C3)CC2)o1. The molecule has 23 heavy (non-hydrogen) atoms. The monoisotopic (exact) mass is 338 g/mol. The Morgan fingerprint density at radius 1 is 1.22 bits per heavy atom. The van der Waals surface area contributed by atoms with Gasteiger partial charge in [-0.25, -0.2) is 8.42 Å². The number of hydrogen-bond acceptors (Lipinski definition) is 5. The fourth-order valence-electron chi connectivity index (χ4n) is 3.97. The van der Waals surface area contributed by atoms with Gasteiger partial charge in [0.25, 0.3) is 0 Å². The van der Waals surface area contributed by atoms with Gasteiger partial charge >= 0.3 is 0 Å². The second kappa shape index (κ2) is 5.90. The zero-order chi connectivity index (χ0) is 16.0. The Balaban J connectivity index is 1.27. The Kier molecular flexibility index (Phi) is 4.02. The normalized spacial score (nSPS) is 34.7. The van der Waals surface area contributed by atoms with Crippen LogP contribution < -0.4 is 0 Å². The van der Waals surface area contributed by atoms with Crippen LogP contribution in [0.1, 0.15) is 37.2 Å². The average Bonchev–Trinajstić information content (AvgIpc) is 2.92. The van der Waals surface area contributed by atoms with E-state index in [4.69, 9.17) is 4.42 Å². The molecule has 5 nitrogen and oxygen atoms in total. The third-order valence-electron chi connectivity index (χ3n) is 5.67. The van der Waals surface area contributed by atoms with E-state index in [0.717, 1.165) is 56.6 Å². The van der Waals surface area contributed by atoms with Crippen LogP contribution in [0.15, 0.2) is 16.5 Å². The molecule has 1 aliphatic carbocycles. The second-order valence-corrected chi connectivity index (χ2v) is 9.72. The van der Waals surface area contributed by atoms with E-state index in [2.05, 4.69) is 28.9 Å². The summed E-state index contributed by atoms with van der Waals surface area (Å²) in [7, 11) is -2.78. The highest BCUT2D eigenvalue weighted by atomic mass is 32.2. The molecule has 2 saturated heterocycles.